The number of aromatic amines is 1. The van der Waals surface area contributed by atoms with Crippen LogP contribution in [0.3, 0.4) is 0 Å². The predicted molar refractivity (Wildman–Crippen MR) is 120 cm³/mol. The molecule has 0 bridgehead atoms. The van der Waals surface area contributed by atoms with Gasteiger partial charge in [-0.3, -0.25) is 9.67 Å². The number of phenols is 1. The van der Waals surface area contributed by atoms with Crippen molar-refractivity contribution < 1.29 is 9.84 Å². The zero-order valence-corrected chi connectivity index (χ0v) is 18.4. The Morgan fingerprint density at radius 1 is 1.17 bits per heavy atom. The number of benzene rings is 2. The van der Waals surface area contributed by atoms with Gasteiger partial charge in [0, 0.05) is 13.1 Å². The number of aryl methyl sites for hydroxylation is 2. The number of H-pyrrole nitrogens is 1. The van der Waals surface area contributed by atoms with Gasteiger partial charge in [-0.25, -0.2) is 0 Å². The number of hydrogen-bond acceptors (Lipinski definition) is 5. The molecule has 0 aliphatic rings. The van der Waals surface area contributed by atoms with Crippen LogP contribution in [-0.4, -0.2) is 40.1 Å². The van der Waals surface area contributed by atoms with Crippen molar-refractivity contribution in [2.24, 2.45) is 0 Å². The Morgan fingerprint density at radius 3 is 2.52 bits per heavy atom. The number of ether oxygens (including phenoxy) is 1. The Hall–Kier alpha value is -2.80. The lowest BCUT2D eigenvalue weighted by atomic mass is 10.0. The minimum atomic E-state index is 0.187. The first-order chi connectivity index (χ1) is 13.9. The molecule has 1 aromatic heterocycles. The fourth-order valence-electron chi connectivity index (χ4n) is 3.64. The van der Waals surface area contributed by atoms with Gasteiger partial charge < -0.3 is 14.7 Å². The third-order valence-corrected chi connectivity index (χ3v) is 5.55. The highest BCUT2D eigenvalue weighted by atomic mass is 32.1. The lowest BCUT2D eigenvalue weighted by molar-refractivity contribution is 0.414. The first kappa shape index (κ1) is 20.9. The van der Waals surface area contributed by atoms with Gasteiger partial charge in [0.25, 0.3) is 0 Å². The van der Waals surface area contributed by atoms with Gasteiger partial charge in [-0.15, -0.1) is 0 Å². The van der Waals surface area contributed by atoms with Crippen LogP contribution >= 0.6 is 12.2 Å². The van der Waals surface area contributed by atoms with Crippen LogP contribution in [-0.2, 0) is 6.42 Å². The maximum Gasteiger partial charge on any atom is 0.200 e. The zero-order valence-electron chi connectivity index (χ0n) is 17.6. The molecule has 2 aromatic carbocycles. The molecule has 0 atom stereocenters. The highest BCUT2D eigenvalue weighted by Crippen LogP contribution is 2.35. The molecule has 0 fully saturated rings. The van der Waals surface area contributed by atoms with Crippen molar-refractivity contribution in [3.05, 3.63) is 46.2 Å². The first-order valence-electron chi connectivity index (χ1n) is 9.88. The number of hydrogen-bond donors (Lipinski definition) is 2. The molecule has 3 rings (SSSR count). The van der Waals surface area contributed by atoms with Crippen LogP contribution in [0.1, 0.15) is 31.9 Å². The monoisotopic (exact) mass is 412 g/mol. The van der Waals surface area contributed by atoms with Crippen LogP contribution in [0.25, 0.3) is 17.1 Å². The van der Waals surface area contributed by atoms with E-state index in [1.54, 1.807) is 13.2 Å². The van der Waals surface area contributed by atoms with Gasteiger partial charge in [-0.05, 0) is 80.9 Å². The molecule has 6 nitrogen and oxygen atoms in total. The summed E-state index contributed by atoms with van der Waals surface area (Å²) < 4.78 is 7.89. The first-order valence-corrected chi connectivity index (χ1v) is 10.3. The molecule has 0 saturated heterocycles. The molecular formula is C22H28N4O2S. The second kappa shape index (κ2) is 8.69. The molecule has 154 valence electrons. The van der Waals surface area contributed by atoms with E-state index in [9.17, 15) is 5.11 Å². The molecule has 0 aliphatic heterocycles. The van der Waals surface area contributed by atoms with Crippen molar-refractivity contribution in [3.63, 3.8) is 0 Å². The third-order valence-electron chi connectivity index (χ3n) is 5.27. The smallest absolute Gasteiger partial charge is 0.200 e. The van der Waals surface area contributed by atoms with E-state index in [0.29, 0.717) is 16.2 Å². The van der Waals surface area contributed by atoms with Gasteiger partial charge in [0.2, 0.25) is 0 Å². The topological polar surface area (TPSA) is 66.3 Å². The summed E-state index contributed by atoms with van der Waals surface area (Å²) in [5.74, 6) is 1.57. The Labute approximate surface area is 176 Å². The van der Waals surface area contributed by atoms with Crippen LogP contribution in [0.15, 0.2) is 30.3 Å². The SMILES string of the molecule is CCc1cc(-c2n[nH]c(=S)n2-c2ccc(OC)c(N(CC)CC)c2)c(O)cc1C. The van der Waals surface area contributed by atoms with Crippen molar-refractivity contribution >= 4 is 17.9 Å². The molecule has 0 spiro atoms. The summed E-state index contributed by atoms with van der Waals surface area (Å²) in [7, 11) is 1.67. The second-order valence-corrected chi connectivity index (χ2v) is 7.25. The summed E-state index contributed by atoms with van der Waals surface area (Å²) in [5.41, 5.74) is 4.73. The van der Waals surface area contributed by atoms with E-state index in [2.05, 4.69) is 35.9 Å². The van der Waals surface area contributed by atoms with Crippen LogP contribution in [0.2, 0.25) is 0 Å². The molecular weight excluding hydrogens is 384 g/mol. The Bertz CT molecular complexity index is 1070. The predicted octanol–water partition coefficient (Wildman–Crippen LogP) is 5.03. The van der Waals surface area contributed by atoms with E-state index in [1.165, 1.54) is 0 Å². The van der Waals surface area contributed by atoms with Gasteiger partial charge in [0.1, 0.15) is 11.5 Å². The summed E-state index contributed by atoms with van der Waals surface area (Å²) in [6.45, 7) is 10.0. The molecule has 0 saturated carbocycles. The van der Waals surface area contributed by atoms with Crippen molar-refractivity contribution in [3.8, 4) is 28.6 Å². The van der Waals surface area contributed by atoms with E-state index in [1.807, 2.05) is 35.8 Å². The summed E-state index contributed by atoms with van der Waals surface area (Å²) in [4.78, 5) is 2.23. The standard InChI is InChI=1S/C22H28N4O2S/c1-6-15-12-17(19(27)11-14(15)4)21-23-24-22(29)26(21)16-9-10-20(28-5)18(13-16)25(7-2)8-3/h9-13,27H,6-8H2,1-5H3,(H,24,29). The van der Waals surface area contributed by atoms with Crippen LogP contribution in [0.4, 0.5) is 5.69 Å². The third kappa shape index (κ3) is 3.87. The molecule has 2 N–H and O–H groups in total. The Kier molecular flexibility index (Phi) is 6.27. The highest BCUT2D eigenvalue weighted by molar-refractivity contribution is 7.71. The zero-order chi connectivity index (χ0) is 21.1. The maximum atomic E-state index is 10.6. The second-order valence-electron chi connectivity index (χ2n) is 6.87. The van der Waals surface area contributed by atoms with Gasteiger partial charge in [-0.1, -0.05) is 6.92 Å². The van der Waals surface area contributed by atoms with Gasteiger partial charge >= 0.3 is 0 Å². The van der Waals surface area contributed by atoms with Crippen LogP contribution in [0, 0.1) is 11.7 Å². The fourth-order valence-corrected chi connectivity index (χ4v) is 3.88. The quantitative estimate of drug-likeness (QED) is 0.533. The molecule has 7 heteroatoms. The van der Waals surface area contributed by atoms with E-state index in [0.717, 1.165) is 47.8 Å². The maximum absolute atomic E-state index is 10.6. The van der Waals surface area contributed by atoms with Gasteiger partial charge in [-0.2, -0.15) is 5.10 Å². The number of rotatable bonds is 7. The number of nitrogens with zero attached hydrogens (tertiary/aromatic N) is 3. The minimum absolute atomic E-state index is 0.187. The highest BCUT2D eigenvalue weighted by Gasteiger charge is 2.18. The van der Waals surface area contributed by atoms with Crippen molar-refractivity contribution in [2.45, 2.75) is 34.1 Å². The average molecular weight is 413 g/mol. The number of aromatic nitrogens is 3. The molecule has 1 heterocycles. The summed E-state index contributed by atoms with van der Waals surface area (Å²) in [5, 5.41) is 17.9. The molecule has 0 unspecified atom stereocenters. The number of anilines is 1. The summed E-state index contributed by atoms with van der Waals surface area (Å²) >= 11 is 5.53. The van der Waals surface area contributed by atoms with Gasteiger partial charge in [0.05, 0.1) is 24.0 Å². The fraction of sp³-hybridized carbons (Fsp3) is 0.364. The lowest BCUT2D eigenvalue weighted by Crippen LogP contribution is -2.22. The molecule has 0 aliphatic carbocycles. The summed E-state index contributed by atoms with van der Waals surface area (Å²) in [6.07, 6.45) is 0.874. The van der Waals surface area contributed by atoms with E-state index in [4.69, 9.17) is 17.0 Å². The van der Waals surface area contributed by atoms with E-state index < -0.39 is 0 Å². The van der Waals surface area contributed by atoms with Gasteiger partial charge in [0.15, 0.2) is 10.6 Å². The van der Waals surface area contributed by atoms with Crippen LogP contribution in [0.5, 0.6) is 11.5 Å². The van der Waals surface area contributed by atoms with Crippen molar-refractivity contribution in [1.82, 2.24) is 14.8 Å². The number of phenolic OH excluding ortho intramolecular Hbond substituents is 1. The number of methoxy groups -OCH3 is 1. The summed E-state index contributed by atoms with van der Waals surface area (Å²) in [6, 6.07) is 9.71. The van der Waals surface area contributed by atoms with E-state index >= 15 is 0 Å². The molecule has 29 heavy (non-hydrogen) atoms. The molecule has 0 radical (unpaired) electrons. The Balaban J connectivity index is 2.22. The largest absolute Gasteiger partial charge is 0.507 e. The van der Waals surface area contributed by atoms with Crippen molar-refractivity contribution in [1.29, 1.82) is 0 Å². The van der Waals surface area contributed by atoms with E-state index in [-0.39, 0.29) is 5.75 Å². The van der Waals surface area contributed by atoms with Crippen molar-refractivity contribution in [2.75, 3.05) is 25.1 Å². The van der Waals surface area contributed by atoms with Crippen LogP contribution < -0.4 is 9.64 Å². The number of aromatic hydroxyl groups is 1. The normalized spacial score (nSPS) is 10.9. The Morgan fingerprint density at radius 2 is 1.90 bits per heavy atom. The minimum Gasteiger partial charge on any atom is -0.507 e. The lowest BCUT2D eigenvalue weighted by Gasteiger charge is -2.24. The molecule has 3 aromatic rings. The molecule has 0 amide bonds. The average Bonchev–Trinajstić information content (AvgIpc) is 3.10. The number of nitrogens with one attached hydrogen (secondary N) is 1.